The van der Waals surface area contributed by atoms with Gasteiger partial charge in [-0.15, -0.1) is 0 Å². The normalized spacial score (nSPS) is 17.1. The van der Waals surface area contributed by atoms with Crippen LogP contribution in [-0.2, 0) is 14.9 Å². The summed E-state index contributed by atoms with van der Waals surface area (Å²) in [7, 11) is -0.495. The summed E-state index contributed by atoms with van der Waals surface area (Å²) >= 11 is 0. The minimum Gasteiger partial charge on any atom is -0.497 e. The third-order valence-corrected chi connectivity index (χ3v) is 6.87. The van der Waals surface area contributed by atoms with Crippen LogP contribution < -0.4 is 9.46 Å². The molecule has 0 spiro atoms. The van der Waals surface area contributed by atoms with Crippen molar-refractivity contribution in [1.82, 2.24) is 13.9 Å². The number of nitrogens with zero attached hydrogens (tertiary/aromatic N) is 2. The monoisotopic (exact) mass is 441 g/mol. The standard InChI is InChI=1S/C21H35N3O5S/c1-7-19(16-8-10-18(28-6)11-9-16)22-30(26,27)23(5)17-12-14-24(15-13-17)20(25)29-21(2,3)4/h8-11,17,19,22H,7,12-15H2,1-6H3/t19-/m0/s1. The molecule has 1 fully saturated rings. The SMILES string of the molecule is CC[C@H](NS(=O)(=O)N(C)C1CCN(C(=O)OC(C)(C)C)CC1)c1ccc(OC)cc1. The number of carbonyl (C=O) groups excluding carboxylic acids is 1. The molecule has 0 aliphatic carbocycles. The van der Waals surface area contributed by atoms with Gasteiger partial charge in [-0.3, -0.25) is 0 Å². The zero-order chi connectivity index (χ0) is 22.5. The molecule has 1 aromatic rings. The molecular weight excluding hydrogens is 406 g/mol. The van der Waals surface area contributed by atoms with Crippen LogP contribution in [0, 0.1) is 0 Å². The molecule has 1 atom stereocenters. The summed E-state index contributed by atoms with van der Waals surface area (Å²) in [4.78, 5) is 13.9. The molecular formula is C21H35N3O5S. The topological polar surface area (TPSA) is 88.2 Å². The number of amides is 1. The van der Waals surface area contributed by atoms with Crippen LogP contribution in [0.5, 0.6) is 5.75 Å². The molecule has 1 aliphatic heterocycles. The minimum absolute atomic E-state index is 0.172. The highest BCUT2D eigenvalue weighted by Crippen LogP contribution is 2.24. The Hall–Kier alpha value is -1.84. The van der Waals surface area contributed by atoms with Crippen molar-refractivity contribution >= 4 is 16.3 Å². The predicted molar refractivity (Wildman–Crippen MR) is 117 cm³/mol. The van der Waals surface area contributed by atoms with E-state index in [1.54, 1.807) is 19.1 Å². The third-order valence-electron chi connectivity index (χ3n) is 5.23. The van der Waals surface area contributed by atoms with Gasteiger partial charge >= 0.3 is 6.09 Å². The number of carbonyl (C=O) groups is 1. The first kappa shape index (κ1) is 24.4. The maximum absolute atomic E-state index is 13.0. The Morgan fingerprint density at radius 1 is 1.23 bits per heavy atom. The minimum atomic E-state index is -3.68. The highest BCUT2D eigenvalue weighted by Gasteiger charge is 2.33. The number of hydrogen-bond donors (Lipinski definition) is 1. The van der Waals surface area contributed by atoms with Gasteiger partial charge in [0.05, 0.1) is 7.11 Å². The first-order chi connectivity index (χ1) is 14.0. The Labute approximate surface area is 180 Å². The van der Waals surface area contributed by atoms with Gasteiger partial charge in [0, 0.05) is 32.2 Å². The fraction of sp³-hybridized carbons (Fsp3) is 0.667. The summed E-state index contributed by atoms with van der Waals surface area (Å²) in [5, 5.41) is 0. The second kappa shape index (κ2) is 9.98. The Bertz CT molecular complexity index is 797. The van der Waals surface area contributed by atoms with Crippen LogP contribution in [-0.4, -0.2) is 62.6 Å². The van der Waals surface area contributed by atoms with Gasteiger partial charge in [0.1, 0.15) is 11.4 Å². The maximum Gasteiger partial charge on any atom is 0.410 e. The third kappa shape index (κ3) is 6.58. The van der Waals surface area contributed by atoms with Crippen LogP contribution in [0.2, 0.25) is 0 Å². The highest BCUT2D eigenvalue weighted by molar-refractivity contribution is 7.87. The average Bonchev–Trinajstić information content (AvgIpc) is 2.70. The molecule has 1 aromatic carbocycles. The largest absolute Gasteiger partial charge is 0.497 e. The van der Waals surface area contributed by atoms with E-state index in [0.29, 0.717) is 32.4 Å². The second-order valence-electron chi connectivity index (χ2n) is 8.57. The quantitative estimate of drug-likeness (QED) is 0.701. The van der Waals surface area contributed by atoms with E-state index in [1.807, 2.05) is 52.0 Å². The lowest BCUT2D eigenvalue weighted by molar-refractivity contribution is 0.0183. The average molecular weight is 442 g/mol. The fourth-order valence-electron chi connectivity index (χ4n) is 3.42. The van der Waals surface area contributed by atoms with Crippen molar-refractivity contribution in [2.45, 2.75) is 64.6 Å². The summed E-state index contributed by atoms with van der Waals surface area (Å²) in [6.07, 6.45) is 1.40. The Morgan fingerprint density at radius 2 is 1.80 bits per heavy atom. The van der Waals surface area contributed by atoms with Crippen molar-refractivity contribution in [3.63, 3.8) is 0 Å². The Morgan fingerprint density at radius 3 is 2.27 bits per heavy atom. The second-order valence-corrected chi connectivity index (χ2v) is 10.3. The first-order valence-corrected chi connectivity index (χ1v) is 11.8. The lowest BCUT2D eigenvalue weighted by atomic mass is 10.1. The van der Waals surface area contributed by atoms with Gasteiger partial charge in [0.25, 0.3) is 10.2 Å². The molecule has 30 heavy (non-hydrogen) atoms. The molecule has 0 radical (unpaired) electrons. The number of hydrogen-bond acceptors (Lipinski definition) is 5. The van der Waals surface area contributed by atoms with E-state index in [0.717, 1.165) is 11.3 Å². The number of piperidine rings is 1. The number of rotatable bonds is 7. The summed E-state index contributed by atoms with van der Waals surface area (Å²) in [5.74, 6) is 0.727. The highest BCUT2D eigenvalue weighted by atomic mass is 32.2. The summed E-state index contributed by atoms with van der Waals surface area (Å²) in [5.41, 5.74) is 0.337. The first-order valence-electron chi connectivity index (χ1n) is 10.3. The molecule has 9 heteroatoms. The lowest BCUT2D eigenvalue weighted by Gasteiger charge is -2.37. The van der Waals surface area contributed by atoms with E-state index >= 15 is 0 Å². The van der Waals surface area contributed by atoms with E-state index in [2.05, 4.69) is 4.72 Å². The lowest BCUT2D eigenvalue weighted by Crippen LogP contribution is -2.51. The van der Waals surface area contributed by atoms with Gasteiger partial charge in [0.2, 0.25) is 0 Å². The summed E-state index contributed by atoms with van der Waals surface area (Å²) in [6, 6.07) is 6.88. The molecule has 0 unspecified atom stereocenters. The van der Waals surface area contributed by atoms with Gasteiger partial charge in [-0.1, -0.05) is 19.1 Å². The molecule has 1 aliphatic rings. The van der Waals surface area contributed by atoms with E-state index in [9.17, 15) is 13.2 Å². The number of likely N-dealkylation sites (tertiary alicyclic amines) is 1. The van der Waals surface area contributed by atoms with Crippen molar-refractivity contribution in [2.75, 3.05) is 27.2 Å². The van der Waals surface area contributed by atoms with Crippen LogP contribution in [0.25, 0.3) is 0 Å². The smallest absolute Gasteiger partial charge is 0.410 e. The molecule has 8 nitrogen and oxygen atoms in total. The van der Waals surface area contributed by atoms with Crippen molar-refractivity contribution in [2.24, 2.45) is 0 Å². The summed E-state index contributed by atoms with van der Waals surface area (Å²) < 4.78 is 40.7. The van der Waals surface area contributed by atoms with Crippen LogP contribution >= 0.6 is 0 Å². The Balaban J connectivity index is 1.98. The van der Waals surface area contributed by atoms with E-state index in [4.69, 9.17) is 9.47 Å². The van der Waals surface area contributed by atoms with Crippen molar-refractivity contribution in [1.29, 1.82) is 0 Å². The van der Waals surface area contributed by atoms with Gasteiger partial charge in [0.15, 0.2) is 0 Å². The van der Waals surface area contributed by atoms with Crippen molar-refractivity contribution < 1.29 is 22.7 Å². The predicted octanol–water partition coefficient (Wildman–Crippen LogP) is 3.31. The van der Waals surface area contributed by atoms with Gasteiger partial charge < -0.3 is 14.4 Å². The van der Waals surface area contributed by atoms with Crippen molar-refractivity contribution in [3.05, 3.63) is 29.8 Å². The van der Waals surface area contributed by atoms with Crippen molar-refractivity contribution in [3.8, 4) is 5.75 Å². The van der Waals surface area contributed by atoms with E-state index in [1.165, 1.54) is 4.31 Å². The van der Waals surface area contributed by atoms with Gasteiger partial charge in [-0.05, 0) is 57.7 Å². The van der Waals surface area contributed by atoms with Crippen LogP contribution in [0.1, 0.15) is 58.6 Å². The molecule has 1 heterocycles. The maximum atomic E-state index is 13.0. The molecule has 1 amide bonds. The van der Waals surface area contributed by atoms with Crippen LogP contribution in [0.3, 0.4) is 0 Å². The number of benzene rings is 1. The number of nitrogens with one attached hydrogen (secondary N) is 1. The van der Waals surface area contributed by atoms with Crippen LogP contribution in [0.4, 0.5) is 4.79 Å². The zero-order valence-electron chi connectivity index (χ0n) is 18.8. The van der Waals surface area contributed by atoms with E-state index in [-0.39, 0.29) is 18.2 Å². The molecule has 2 rings (SSSR count). The molecule has 0 bridgehead atoms. The Kier molecular flexibility index (Phi) is 8.13. The number of methoxy groups -OCH3 is 1. The van der Waals surface area contributed by atoms with Gasteiger partial charge in [-0.25, -0.2) is 4.79 Å². The van der Waals surface area contributed by atoms with Crippen LogP contribution in [0.15, 0.2) is 24.3 Å². The summed E-state index contributed by atoms with van der Waals surface area (Å²) in [6.45, 7) is 8.37. The molecule has 1 saturated heterocycles. The van der Waals surface area contributed by atoms with Gasteiger partial charge in [-0.2, -0.15) is 17.4 Å². The van der Waals surface area contributed by atoms with E-state index < -0.39 is 15.8 Å². The molecule has 170 valence electrons. The fourth-order valence-corrected chi connectivity index (χ4v) is 4.85. The zero-order valence-corrected chi connectivity index (χ0v) is 19.7. The molecule has 0 aromatic heterocycles. The molecule has 0 saturated carbocycles. The molecule has 1 N–H and O–H groups in total. The number of ether oxygens (including phenoxy) is 2.